The van der Waals surface area contributed by atoms with E-state index >= 15 is 0 Å². The summed E-state index contributed by atoms with van der Waals surface area (Å²) in [5.74, 6) is -12.7. The molecule has 0 saturated heterocycles. The number of unbranched alkanes of at least 4 members (excludes halogenated alkanes) is 1. The molecule has 38 heteroatoms. The van der Waals surface area contributed by atoms with E-state index in [9.17, 15) is 110 Å². The molecule has 14 N–H and O–H groups in total. The molecule has 0 heterocycles. The van der Waals surface area contributed by atoms with Crippen molar-refractivity contribution in [3.05, 3.63) is 54.3 Å². The summed E-state index contributed by atoms with van der Waals surface area (Å²) in [7, 11) is -3.48. The van der Waals surface area contributed by atoms with Gasteiger partial charge in [-0.15, -0.1) is 12.3 Å². The zero-order chi connectivity index (χ0) is 67.1. The smallest absolute Gasteiger partial charge is 0.430 e. The second kappa shape index (κ2) is 58.1. The van der Waals surface area contributed by atoms with Crippen molar-refractivity contribution in [2.45, 2.75) is 96.2 Å². The standard InChI is InChI=1S/C7H15NO4S.C7H6O3.C6H14N2O2.C6H10O4.C5H6O3.C4H7NO4.C3H7NO3.C3H7NO2.C2HF3O2.CH3Br/c1-5(2)4-6(7(9)10)8-13(3,11)12;8-6-4-2-1-3-5(6)7(9)10;7-4-2-1-3-5(8)6(9)10;1-5(6(8)9)2-3-10-4-7;1-4(6)2-3-5(7)8;5-3(4(7)8)1-9-2-6;4-2(1-5)3(6)7;1-2(4)3(5)6;3-2(4,5)1(6)7;1-2/h5-6,8H,4H2,1-3H3,(H,9,10);1-4,8H,(H,9,10);5H,1-4,7-8H2,(H,9,10);4-5H,2-3H2,1H3,(H,8,9);2-3,6H,1H2,(H,7,8);2-3H,1,5H2,(H,7,8);2,5H,1,4H2,(H,6,7);2H,4H2,1H3,(H,5,6);(H,6,7);1H3/p-9/b;;;;3-2-;;;;;. The molecule has 0 saturated carbocycles. The highest BCUT2D eigenvalue weighted by Crippen LogP contribution is 2.12. The van der Waals surface area contributed by atoms with E-state index in [-0.39, 0.29) is 37.6 Å². The molecule has 0 radical (unpaired) electrons. The topological polar surface area (TPSA) is 651 Å². The number of aliphatic hydroxyl groups excluding tert-OH is 1. The number of carbonyl (C=O) groups is 11. The fourth-order valence-corrected chi connectivity index (χ4v) is 3.76. The van der Waals surface area contributed by atoms with Gasteiger partial charge in [-0.05, 0) is 62.9 Å². The third-order valence-electron chi connectivity index (χ3n) is 7.04. The number of carbonyl (C=O) groups excluding carboxylic acids is 9. The van der Waals surface area contributed by atoms with Crippen LogP contribution in [0.25, 0.3) is 0 Å². The Kier molecular flexibility index (Phi) is 66.4. The summed E-state index contributed by atoms with van der Waals surface area (Å²) in [6.45, 7) is 9.63. The van der Waals surface area contributed by atoms with Gasteiger partial charge < -0.3 is 133 Å². The molecule has 0 spiro atoms. The number of sulfonamides is 1. The van der Waals surface area contributed by atoms with Crippen LogP contribution in [-0.2, 0) is 67.4 Å². The molecule has 6 unspecified atom stereocenters. The number of carboxylic acids is 9. The van der Waals surface area contributed by atoms with Crippen LogP contribution in [0.1, 0.15) is 70.2 Å². The van der Waals surface area contributed by atoms with E-state index in [0.717, 1.165) is 31.2 Å². The van der Waals surface area contributed by atoms with Gasteiger partial charge in [0.25, 0.3) is 12.9 Å². The van der Waals surface area contributed by atoms with Crippen LogP contribution >= 0.6 is 15.9 Å². The zero-order valence-electron chi connectivity index (χ0n) is 44.7. The van der Waals surface area contributed by atoms with Gasteiger partial charge in [-0.3, -0.25) is 9.59 Å². The van der Waals surface area contributed by atoms with Crippen molar-refractivity contribution in [1.82, 2.24) is 4.72 Å². The molecule has 6 atom stereocenters. The van der Waals surface area contributed by atoms with Gasteiger partial charge in [0, 0.05) is 24.1 Å². The lowest BCUT2D eigenvalue weighted by atomic mass is 10.1. The van der Waals surface area contributed by atoms with Crippen molar-refractivity contribution >= 4 is 92.6 Å². The average molecular weight is 1280 g/mol. The summed E-state index contributed by atoms with van der Waals surface area (Å²) in [5, 5.41) is 113. The lowest BCUT2D eigenvalue weighted by Crippen LogP contribution is -2.48. The number of aromatic carboxylic acids is 1. The number of alkyl halides is 4. The Morgan fingerprint density at radius 3 is 1.38 bits per heavy atom. The van der Waals surface area contributed by atoms with E-state index in [2.05, 4.69) is 32.0 Å². The van der Waals surface area contributed by atoms with Gasteiger partial charge >= 0.3 is 18.1 Å². The Hall–Kier alpha value is -7.59. The fraction of sp³-hybridized carbons (Fsp3) is 0.523. The van der Waals surface area contributed by atoms with Crippen LogP contribution in [-0.4, -0.2) is 165 Å². The van der Waals surface area contributed by atoms with Crippen molar-refractivity contribution in [3.63, 3.8) is 0 Å². The summed E-state index contributed by atoms with van der Waals surface area (Å²) < 4.78 is 63.3. The number of carboxylic acid groups (broad SMARTS) is 9. The quantitative estimate of drug-likeness (QED) is 0.0110. The number of aliphatic carboxylic acids is 8. The third kappa shape index (κ3) is 81.3. The minimum atomic E-state index is -5.19. The van der Waals surface area contributed by atoms with Gasteiger partial charge in [0.15, 0.2) is 0 Å². The molecule has 0 bridgehead atoms. The lowest BCUT2D eigenvalue weighted by Gasteiger charge is -2.19. The second-order valence-corrected chi connectivity index (χ2v) is 16.7. The molecule has 0 aliphatic heterocycles. The SMILES string of the molecule is C=C([O-])/C=C\C(=O)O.CBr.CC(C)CC(NS(C)(=O)=O)C(=O)[O-].CC(CCOC=O)C(=O)[O-].CC(N)C(=O)[O-].NC(CO)C(=O)[O-].NC(COC=O)C(=O)[O-].NCCCCC(N)C(=O)[O-].O=C(O)c1ccccc1[O-].O=C([O-])C(F)(F)F. The number of aliphatic hydroxyl groups is 1. The highest BCUT2D eigenvalue weighted by molar-refractivity contribution is 9.08. The van der Waals surface area contributed by atoms with E-state index in [1.165, 1.54) is 38.1 Å². The van der Waals surface area contributed by atoms with Crippen LogP contribution in [0, 0.1) is 11.8 Å². The molecular weight excluding hydrogens is 1210 g/mol. The van der Waals surface area contributed by atoms with E-state index in [1.807, 2.05) is 10.6 Å². The summed E-state index contributed by atoms with van der Waals surface area (Å²) in [6, 6.07) is 0.273. The summed E-state index contributed by atoms with van der Waals surface area (Å²) in [5.41, 5.74) is 24.5. The second-order valence-electron chi connectivity index (χ2n) is 14.9. The van der Waals surface area contributed by atoms with Crippen LogP contribution < -0.4 is 79.3 Å². The molecule has 33 nitrogen and oxygen atoms in total. The number of nitrogens with two attached hydrogens (primary N) is 5. The molecule has 1 aromatic carbocycles. The lowest BCUT2D eigenvalue weighted by molar-refractivity contribution is -0.344. The van der Waals surface area contributed by atoms with E-state index < -0.39 is 124 Å². The number of benzene rings is 1. The average Bonchev–Trinajstić information content (AvgIpc) is 3.35. The number of nitrogens with one attached hydrogen (secondary N) is 1. The van der Waals surface area contributed by atoms with Crippen LogP contribution in [0.2, 0.25) is 0 Å². The maximum Gasteiger partial charge on any atom is 0.430 e. The van der Waals surface area contributed by atoms with Gasteiger partial charge in [-0.1, -0.05) is 73.1 Å². The number of ether oxygens (including phenoxy) is 2. The minimum Gasteiger partial charge on any atom is -0.873 e. The van der Waals surface area contributed by atoms with Crippen molar-refractivity contribution in [2.24, 2.45) is 40.5 Å². The summed E-state index contributed by atoms with van der Waals surface area (Å²) in [6.07, 6.45) is -0.0659. The van der Waals surface area contributed by atoms with Crippen molar-refractivity contribution in [1.29, 1.82) is 0 Å². The number of rotatable bonds is 25. The normalized spacial score (nSPS) is 11.9. The molecule has 1 aromatic rings. The van der Waals surface area contributed by atoms with Crippen molar-refractivity contribution in [2.75, 3.05) is 38.5 Å². The van der Waals surface area contributed by atoms with Gasteiger partial charge in [0.1, 0.15) is 12.6 Å². The predicted octanol–water partition coefficient (Wildman–Crippen LogP) is -11.5. The van der Waals surface area contributed by atoms with E-state index in [1.54, 1.807) is 13.8 Å². The first kappa shape index (κ1) is 93.7. The van der Waals surface area contributed by atoms with Gasteiger partial charge in [-0.25, -0.2) is 22.7 Å². The van der Waals surface area contributed by atoms with Gasteiger partial charge in [0.05, 0.1) is 73.0 Å². The number of allylic oxidation sites excluding steroid dienone is 1. The van der Waals surface area contributed by atoms with Crippen LogP contribution in [0.3, 0.4) is 0 Å². The monoisotopic (exact) mass is 1280 g/mol. The molecule has 0 aromatic heterocycles. The Morgan fingerprint density at radius 2 is 1.15 bits per heavy atom. The molecule has 82 heavy (non-hydrogen) atoms. The molecule has 0 aliphatic carbocycles. The Balaban J connectivity index is -0.000000105. The molecular formula is C44H67BrF3N6O27S-9. The van der Waals surface area contributed by atoms with Crippen LogP contribution in [0.15, 0.2) is 48.8 Å². The maximum absolute atomic E-state index is 10.7. The Bertz CT molecular complexity index is 2130. The zero-order valence-corrected chi connectivity index (χ0v) is 47.1. The highest BCUT2D eigenvalue weighted by Gasteiger charge is 2.28. The van der Waals surface area contributed by atoms with Crippen molar-refractivity contribution < 1.29 is 145 Å². The first-order chi connectivity index (χ1) is 37.4. The first-order valence-corrected chi connectivity index (χ1v) is 25.4. The fourth-order valence-electron chi connectivity index (χ4n) is 3.05. The molecule has 0 aliphatic rings. The molecule has 478 valence electrons. The third-order valence-corrected chi connectivity index (χ3v) is 7.75. The van der Waals surface area contributed by atoms with Crippen molar-refractivity contribution in [3.8, 4) is 5.75 Å². The Labute approximate surface area is 476 Å². The predicted molar refractivity (Wildman–Crippen MR) is 261 cm³/mol. The van der Waals surface area contributed by atoms with Crippen LogP contribution in [0.5, 0.6) is 5.75 Å². The maximum atomic E-state index is 10.7. The number of hydrogen-bond acceptors (Lipinski definition) is 30. The van der Waals surface area contributed by atoms with E-state index in [0.29, 0.717) is 25.9 Å². The molecule has 0 fully saturated rings. The van der Waals surface area contributed by atoms with Gasteiger partial charge in [0.2, 0.25) is 10.0 Å². The number of para-hydroxylation sites is 1. The molecule has 0 amide bonds. The highest BCUT2D eigenvalue weighted by atomic mass is 79.9. The van der Waals surface area contributed by atoms with Crippen LogP contribution in [0.4, 0.5) is 13.2 Å². The first-order valence-electron chi connectivity index (χ1n) is 22.0. The van der Waals surface area contributed by atoms with Gasteiger partial charge in [-0.2, -0.15) is 13.2 Å². The Morgan fingerprint density at radius 1 is 0.720 bits per heavy atom. The summed E-state index contributed by atoms with van der Waals surface area (Å²) in [4.78, 5) is 107. The minimum absolute atomic E-state index is 0.0946. The van der Waals surface area contributed by atoms with E-state index in [4.69, 9.17) is 53.9 Å². The molecule has 1 rings (SSSR count). The number of hydrogen-bond donors (Lipinski definition) is 9. The summed E-state index contributed by atoms with van der Waals surface area (Å²) >= 11 is 2.94. The number of halogens is 4. The largest absolute Gasteiger partial charge is 0.873 e.